The van der Waals surface area contributed by atoms with Gasteiger partial charge in [0.25, 0.3) is 5.91 Å². The first kappa shape index (κ1) is 12.0. The summed E-state index contributed by atoms with van der Waals surface area (Å²) in [6, 6.07) is 3.84. The van der Waals surface area contributed by atoms with Crippen LogP contribution in [0.2, 0.25) is 0 Å². The van der Waals surface area contributed by atoms with Gasteiger partial charge in [-0.2, -0.15) is 0 Å². The average Bonchev–Trinajstić information content (AvgIpc) is 2.50. The SMILES string of the molecule is COC1C(=O)N(c2ccc(C)cn2)CC1(C)C. The molecule has 1 aliphatic heterocycles. The van der Waals surface area contributed by atoms with Crippen molar-refractivity contribution in [1.82, 2.24) is 4.98 Å². The number of carbonyl (C=O) groups excluding carboxylic acids is 1. The number of anilines is 1. The van der Waals surface area contributed by atoms with E-state index >= 15 is 0 Å². The van der Waals surface area contributed by atoms with Crippen LogP contribution in [0.15, 0.2) is 18.3 Å². The Morgan fingerprint density at radius 1 is 1.47 bits per heavy atom. The minimum absolute atomic E-state index is 0.00569. The molecule has 0 aromatic carbocycles. The molecule has 1 unspecified atom stereocenters. The van der Waals surface area contributed by atoms with Gasteiger partial charge in [-0.25, -0.2) is 4.98 Å². The minimum Gasteiger partial charge on any atom is -0.371 e. The zero-order valence-corrected chi connectivity index (χ0v) is 10.7. The van der Waals surface area contributed by atoms with Gasteiger partial charge in [-0.1, -0.05) is 19.9 Å². The maximum Gasteiger partial charge on any atom is 0.257 e. The predicted octanol–water partition coefficient (Wildman–Crippen LogP) is 1.78. The van der Waals surface area contributed by atoms with Crippen molar-refractivity contribution in [3.8, 4) is 0 Å². The van der Waals surface area contributed by atoms with Crippen LogP contribution >= 0.6 is 0 Å². The first-order chi connectivity index (χ1) is 7.95. The van der Waals surface area contributed by atoms with Gasteiger partial charge in [0, 0.05) is 25.3 Å². The third kappa shape index (κ3) is 2.05. The van der Waals surface area contributed by atoms with Crippen molar-refractivity contribution in [1.29, 1.82) is 0 Å². The Hall–Kier alpha value is -1.42. The van der Waals surface area contributed by atoms with Crippen LogP contribution in [0, 0.1) is 12.3 Å². The summed E-state index contributed by atoms with van der Waals surface area (Å²) < 4.78 is 5.30. The van der Waals surface area contributed by atoms with E-state index in [2.05, 4.69) is 4.98 Å². The summed E-state index contributed by atoms with van der Waals surface area (Å²) >= 11 is 0. The zero-order chi connectivity index (χ0) is 12.6. The Kier molecular flexibility index (Phi) is 2.91. The number of hydrogen-bond donors (Lipinski definition) is 0. The smallest absolute Gasteiger partial charge is 0.257 e. The Labute approximate surface area is 102 Å². The monoisotopic (exact) mass is 234 g/mol. The number of carbonyl (C=O) groups is 1. The Balaban J connectivity index is 2.30. The Morgan fingerprint density at radius 2 is 2.18 bits per heavy atom. The molecule has 2 rings (SSSR count). The summed E-state index contributed by atoms with van der Waals surface area (Å²) in [4.78, 5) is 18.2. The van der Waals surface area contributed by atoms with Gasteiger partial charge in [-0.3, -0.25) is 9.69 Å². The molecule has 0 saturated carbocycles. The summed E-state index contributed by atoms with van der Waals surface area (Å²) in [5.41, 5.74) is 0.904. The summed E-state index contributed by atoms with van der Waals surface area (Å²) in [5.74, 6) is 0.696. The van der Waals surface area contributed by atoms with Gasteiger partial charge < -0.3 is 4.74 Å². The minimum atomic E-state index is -0.384. The maximum absolute atomic E-state index is 12.2. The van der Waals surface area contributed by atoms with E-state index in [0.29, 0.717) is 12.4 Å². The van der Waals surface area contributed by atoms with Crippen LogP contribution in [0.3, 0.4) is 0 Å². The molecular formula is C13H18N2O2. The topological polar surface area (TPSA) is 42.4 Å². The standard InChI is InChI=1S/C13H18N2O2/c1-9-5-6-10(14-7-9)15-8-13(2,3)11(17-4)12(15)16/h5-7,11H,8H2,1-4H3. The maximum atomic E-state index is 12.2. The van der Waals surface area contributed by atoms with E-state index in [9.17, 15) is 4.79 Å². The van der Waals surface area contributed by atoms with Crippen molar-refractivity contribution in [3.63, 3.8) is 0 Å². The lowest BCUT2D eigenvalue weighted by Crippen LogP contribution is -2.33. The van der Waals surface area contributed by atoms with E-state index < -0.39 is 0 Å². The number of pyridine rings is 1. The number of rotatable bonds is 2. The third-order valence-electron chi connectivity index (χ3n) is 3.17. The molecule has 2 heterocycles. The van der Waals surface area contributed by atoms with Gasteiger partial charge in [0.1, 0.15) is 11.9 Å². The largest absolute Gasteiger partial charge is 0.371 e. The number of hydrogen-bond acceptors (Lipinski definition) is 3. The van der Waals surface area contributed by atoms with Crippen LogP contribution in [0.1, 0.15) is 19.4 Å². The normalized spacial score (nSPS) is 23.2. The zero-order valence-electron chi connectivity index (χ0n) is 10.7. The van der Waals surface area contributed by atoms with Crippen LogP contribution < -0.4 is 4.90 Å². The number of amides is 1. The molecule has 0 aliphatic carbocycles. The third-order valence-corrected chi connectivity index (χ3v) is 3.17. The number of ether oxygens (including phenoxy) is 1. The summed E-state index contributed by atoms with van der Waals surface area (Å²) in [6.07, 6.45) is 1.39. The van der Waals surface area contributed by atoms with Gasteiger partial charge in [0.05, 0.1) is 0 Å². The second-order valence-corrected chi connectivity index (χ2v) is 5.22. The average molecular weight is 234 g/mol. The van der Waals surface area contributed by atoms with E-state index in [0.717, 1.165) is 5.56 Å². The highest BCUT2D eigenvalue weighted by molar-refractivity contribution is 5.99. The van der Waals surface area contributed by atoms with Crippen molar-refractivity contribution in [3.05, 3.63) is 23.9 Å². The van der Waals surface area contributed by atoms with Gasteiger partial charge in [0.15, 0.2) is 0 Å². The second-order valence-electron chi connectivity index (χ2n) is 5.22. The van der Waals surface area contributed by atoms with Crippen LogP contribution in [0.5, 0.6) is 0 Å². The lowest BCUT2D eigenvalue weighted by molar-refractivity contribution is -0.128. The van der Waals surface area contributed by atoms with Gasteiger partial charge in [0.2, 0.25) is 0 Å². The molecule has 92 valence electrons. The van der Waals surface area contributed by atoms with Crippen molar-refractivity contribution in [2.45, 2.75) is 26.9 Å². The van der Waals surface area contributed by atoms with E-state index in [1.807, 2.05) is 32.9 Å². The molecule has 1 atom stereocenters. The molecule has 1 aromatic heterocycles. The molecule has 1 aromatic rings. The van der Waals surface area contributed by atoms with Crippen LogP contribution in [-0.4, -0.2) is 30.6 Å². The molecular weight excluding hydrogens is 216 g/mol. The molecule has 1 fully saturated rings. The number of nitrogens with zero attached hydrogens (tertiary/aromatic N) is 2. The molecule has 1 aliphatic rings. The molecule has 0 spiro atoms. The molecule has 1 amide bonds. The van der Waals surface area contributed by atoms with Gasteiger partial charge in [-0.05, 0) is 18.6 Å². The van der Waals surface area contributed by atoms with Crippen molar-refractivity contribution in [2.24, 2.45) is 5.41 Å². The van der Waals surface area contributed by atoms with Crippen LogP contribution in [0.4, 0.5) is 5.82 Å². The highest BCUT2D eigenvalue weighted by Gasteiger charge is 2.47. The number of aromatic nitrogens is 1. The van der Waals surface area contributed by atoms with Crippen LogP contribution in [0.25, 0.3) is 0 Å². The quantitative estimate of drug-likeness (QED) is 0.783. The van der Waals surface area contributed by atoms with E-state index in [4.69, 9.17) is 4.74 Å². The fourth-order valence-electron chi connectivity index (χ4n) is 2.28. The number of aryl methyl sites for hydroxylation is 1. The first-order valence-corrected chi connectivity index (χ1v) is 5.72. The molecule has 4 heteroatoms. The summed E-state index contributed by atoms with van der Waals surface area (Å²) in [5, 5.41) is 0. The van der Waals surface area contributed by atoms with Crippen molar-refractivity contribution < 1.29 is 9.53 Å². The Bertz CT molecular complexity index is 426. The Morgan fingerprint density at radius 3 is 2.65 bits per heavy atom. The lowest BCUT2D eigenvalue weighted by Gasteiger charge is -2.21. The first-order valence-electron chi connectivity index (χ1n) is 5.72. The van der Waals surface area contributed by atoms with Gasteiger partial charge in [-0.15, -0.1) is 0 Å². The summed E-state index contributed by atoms with van der Waals surface area (Å²) in [6.45, 7) is 6.69. The fraction of sp³-hybridized carbons (Fsp3) is 0.538. The van der Waals surface area contributed by atoms with Gasteiger partial charge >= 0.3 is 0 Å². The lowest BCUT2D eigenvalue weighted by atomic mass is 9.90. The molecule has 1 saturated heterocycles. The number of methoxy groups -OCH3 is 1. The highest BCUT2D eigenvalue weighted by atomic mass is 16.5. The van der Waals surface area contributed by atoms with Crippen LogP contribution in [-0.2, 0) is 9.53 Å². The summed E-state index contributed by atoms with van der Waals surface area (Å²) in [7, 11) is 1.58. The fourth-order valence-corrected chi connectivity index (χ4v) is 2.28. The molecule has 4 nitrogen and oxygen atoms in total. The molecule has 17 heavy (non-hydrogen) atoms. The van der Waals surface area contributed by atoms with E-state index in [1.165, 1.54) is 0 Å². The van der Waals surface area contributed by atoms with E-state index in [-0.39, 0.29) is 17.4 Å². The predicted molar refractivity (Wildman–Crippen MR) is 65.9 cm³/mol. The highest BCUT2D eigenvalue weighted by Crippen LogP contribution is 2.34. The van der Waals surface area contributed by atoms with Crippen molar-refractivity contribution >= 4 is 11.7 Å². The molecule has 0 bridgehead atoms. The molecule has 0 radical (unpaired) electrons. The molecule has 0 N–H and O–H groups in total. The van der Waals surface area contributed by atoms with Crippen molar-refractivity contribution in [2.75, 3.05) is 18.6 Å². The second kappa shape index (κ2) is 4.11. The van der Waals surface area contributed by atoms with E-state index in [1.54, 1.807) is 18.2 Å².